The standard InChI is InChI=1S/C74H96N18O20S2/c1-39(93)60-69(109)82-48(22-23-57(95)96)63(103)84-50(28-41-13-5-3-6-14-41)64(104)87-53(36-113-34-42-15-9-16-43(27-42)35-114-37-54(81-40(2)94)70(110)92-26-12-21-56(92)71(111)91-25-11-20-55(91)68(108)89-60)66(106)86-52(31-59(99)100)65(105)85-51(29-45-33-78-38-80-45)67(107)90-74(32-46(74)44-17-7-4-8-18-44)72(112)88-47(19-10-24-79-73(76)77)62(102)83-49(61(75)101)30-58(97)98/h3-9,13-18,27,33,38-39,46-56,60,93H,10-12,19-26,28-32,34-37H2,1-2H3,(H2,75,101)(H,78,80)(H,81,94)(H,82,109)(H,83,102)(H,84,103)(H,85,105)(H,86,106)(H,87,104)(H,88,112)(H,89,108)(H,90,107)(H,95,96)(H,97,98)(H,99,100)(H4,76,77,79)/t39-,46?,47+,48+,49+,50+,51+,52?,53+,54+,55+,56+,60+,74?/m1/s1. The van der Waals surface area contributed by atoms with E-state index < -0.39 is 217 Å². The Balaban J connectivity index is 1.12. The van der Waals surface area contributed by atoms with E-state index in [4.69, 9.17) is 16.9 Å². The third-order valence-electron chi connectivity index (χ3n) is 19.5. The number of aliphatic carboxylic acids is 3. The number of aromatic nitrogens is 2. The van der Waals surface area contributed by atoms with Gasteiger partial charge in [0.25, 0.3) is 0 Å². The number of carboxylic acids is 3. The van der Waals surface area contributed by atoms with E-state index in [1.54, 1.807) is 72.8 Å². The van der Waals surface area contributed by atoms with E-state index in [0.717, 1.165) is 24.2 Å². The fourth-order valence-electron chi connectivity index (χ4n) is 13.6. The molecule has 3 aliphatic heterocycles. The molecule has 40 heteroatoms. The predicted molar refractivity (Wildman–Crippen MR) is 410 cm³/mol. The van der Waals surface area contributed by atoms with Crippen molar-refractivity contribution in [1.82, 2.24) is 78.3 Å². The summed E-state index contributed by atoms with van der Waals surface area (Å²) in [5, 5.41) is 76.4. The van der Waals surface area contributed by atoms with Gasteiger partial charge in [-0.1, -0.05) is 84.9 Å². The molecule has 0 spiro atoms. The van der Waals surface area contributed by atoms with Crippen molar-refractivity contribution in [2.75, 3.05) is 31.1 Å². The molecular formula is C74H96N18O20S2. The zero-order valence-corrected chi connectivity index (χ0v) is 64.2. The topological polar surface area (TPSA) is 597 Å². The number of guanidine groups is 1. The maximum Gasteiger partial charge on any atom is 0.305 e. The molecule has 4 aliphatic rings. The first-order valence-electron chi connectivity index (χ1n) is 36.9. The van der Waals surface area contributed by atoms with E-state index in [-0.39, 0.29) is 86.9 Å². The fourth-order valence-corrected chi connectivity index (χ4v) is 15.6. The van der Waals surface area contributed by atoms with Crippen molar-refractivity contribution in [2.24, 2.45) is 11.5 Å². The summed E-state index contributed by atoms with van der Waals surface area (Å²) in [4.78, 5) is 233. The van der Waals surface area contributed by atoms with Gasteiger partial charge in [-0.15, -0.1) is 0 Å². The lowest BCUT2D eigenvalue weighted by atomic mass is 10.0. The van der Waals surface area contributed by atoms with E-state index in [0.29, 0.717) is 29.5 Å². The molecule has 38 nitrogen and oxygen atoms in total. The van der Waals surface area contributed by atoms with Gasteiger partial charge in [-0.05, 0) is 80.5 Å². The number of amides is 13. The lowest BCUT2D eigenvalue weighted by Gasteiger charge is -2.33. The fraction of sp³-hybridized carbons (Fsp3) is 0.486. The number of hydrogen-bond donors (Lipinski definition) is 19. The van der Waals surface area contributed by atoms with Crippen LogP contribution in [0.25, 0.3) is 0 Å². The lowest BCUT2D eigenvalue weighted by molar-refractivity contribution is -0.148. The Hall–Kier alpha value is -11.7. The summed E-state index contributed by atoms with van der Waals surface area (Å²) >= 11 is 2.37. The van der Waals surface area contributed by atoms with Crippen LogP contribution in [0, 0.1) is 5.41 Å². The number of carbonyl (C=O) groups excluding carboxylic acids is 13. The summed E-state index contributed by atoms with van der Waals surface area (Å²) in [6, 6.07) is 5.92. The number of nitrogens with one attached hydrogen (secondary N) is 13. The SMILES string of the molecule is CC(=O)N[C@H]1CSCc2cccc(c2)CSC[C@@H](C(=O)NC(CC(=O)O)C(=O)N[C@@H](Cc2c[nH]cn2)C(=O)NC2(C(=O)N[C@@H](CCCNC(=N)N)C(=O)N[C@@H](CC(=O)O)C(N)=O)CC2c2ccccc2)NC(=O)[C@H](Cc2ccccc2)NC(=O)[C@H](CCC(=O)O)NC(=O)[C@H]([C@@H](C)O)NC(=O)[C@@H]2CCCN2C(=O)[C@@H]2CCCN2C1=O. The first-order valence-corrected chi connectivity index (χ1v) is 39.3. The number of carbonyl (C=O) groups is 16. The zero-order chi connectivity index (χ0) is 82.9. The van der Waals surface area contributed by atoms with Gasteiger partial charge in [0.15, 0.2) is 5.96 Å². The monoisotopic (exact) mass is 1620 g/mol. The summed E-state index contributed by atoms with van der Waals surface area (Å²) < 4.78 is 0. The number of hydrogen-bond acceptors (Lipinski definition) is 21. The number of thioether (sulfide) groups is 2. The van der Waals surface area contributed by atoms with Crippen LogP contribution >= 0.6 is 23.5 Å². The van der Waals surface area contributed by atoms with Crippen LogP contribution in [0.3, 0.4) is 0 Å². The normalized spacial score (nSPS) is 23.1. The number of nitrogens with two attached hydrogens (primary N) is 2. The third kappa shape index (κ3) is 25.4. The highest BCUT2D eigenvalue weighted by Gasteiger charge is 2.62. The van der Waals surface area contributed by atoms with Gasteiger partial charge in [0.05, 0.1) is 31.0 Å². The van der Waals surface area contributed by atoms with E-state index in [2.05, 4.69) is 68.5 Å². The second-order valence-corrected chi connectivity index (χ2v) is 30.3. The highest BCUT2D eigenvalue weighted by molar-refractivity contribution is 7.98. The highest BCUT2D eigenvalue weighted by Crippen LogP contribution is 2.52. The minimum atomic E-state index is -2.09. The van der Waals surface area contributed by atoms with Gasteiger partial charge < -0.3 is 105 Å². The molecule has 3 unspecified atom stereocenters. The molecule has 614 valence electrons. The Morgan fingerprint density at radius 3 is 1.89 bits per heavy atom. The first kappa shape index (κ1) is 87.9. The summed E-state index contributed by atoms with van der Waals surface area (Å²) in [6.45, 7) is 2.63. The minimum Gasteiger partial charge on any atom is -0.481 e. The molecule has 21 N–H and O–H groups in total. The molecule has 114 heavy (non-hydrogen) atoms. The van der Waals surface area contributed by atoms with Gasteiger partial charge in [0.2, 0.25) is 76.8 Å². The van der Waals surface area contributed by atoms with Gasteiger partial charge in [-0.3, -0.25) is 82.1 Å². The Bertz CT molecular complexity index is 4180. The Labute approximate surface area is 662 Å². The number of aliphatic hydroxyl groups excluding tert-OH is 1. The second kappa shape index (κ2) is 41.7. The summed E-state index contributed by atoms with van der Waals surface area (Å²) in [5.74, 6) is -18.5. The number of H-pyrrole nitrogens is 1. The van der Waals surface area contributed by atoms with Gasteiger partial charge in [-0.2, -0.15) is 23.5 Å². The molecule has 4 heterocycles. The van der Waals surface area contributed by atoms with Crippen LogP contribution in [-0.4, -0.2) is 250 Å². The molecule has 0 radical (unpaired) electrons. The maximum absolute atomic E-state index is 15.2. The van der Waals surface area contributed by atoms with Crippen LogP contribution < -0.4 is 70.0 Å². The van der Waals surface area contributed by atoms with E-state index in [1.165, 1.54) is 41.0 Å². The van der Waals surface area contributed by atoms with Crippen LogP contribution in [0.1, 0.15) is 118 Å². The van der Waals surface area contributed by atoms with Crippen LogP contribution in [0.15, 0.2) is 97.5 Å². The minimum absolute atomic E-state index is 0.000449. The van der Waals surface area contributed by atoms with E-state index in [1.807, 2.05) is 12.1 Å². The quantitative estimate of drug-likeness (QED) is 0.0144. The number of aromatic amines is 1. The van der Waals surface area contributed by atoms with Crippen LogP contribution in [0.4, 0.5) is 0 Å². The molecule has 1 aliphatic carbocycles. The number of imidazole rings is 1. The number of benzene rings is 3. The van der Waals surface area contributed by atoms with Gasteiger partial charge in [-0.25, -0.2) is 4.98 Å². The van der Waals surface area contributed by atoms with Crippen LogP contribution in [0.5, 0.6) is 0 Å². The highest BCUT2D eigenvalue weighted by atomic mass is 32.2. The predicted octanol–water partition coefficient (Wildman–Crippen LogP) is -3.27. The number of fused-ring (bicyclic) bond motifs is 4. The van der Waals surface area contributed by atoms with Crippen LogP contribution in [-0.2, 0) is 101 Å². The van der Waals surface area contributed by atoms with Crippen LogP contribution in [0.2, 0.25) is 0 Å². The smallest absolute Gasteiger partial charge is 0.305 e. The Kier molecular flexibility index (Phi) is 32.2. The van der Waals surface area contributed by atoms with Crippen molar-refractivity contribution >= 4 is 124 Å². The molecule has 8 rings (SSSR count). The molecule has 3 aromatic carbocycles. The number of carboxylic acid groups (broad SMARTS) is 3. The van der Waals surface area contributed by atoms with Crippen molar-refractivity contribution < 1.29 is 97.1 Å². The second-order valence-electron chi connectivity index (χ2n) is 28.2. The molecule has 3 fully saturated rings. The van der Waals surface area contributed by atoms with E-state index in [9.17, 15) is 82.8 Å². The average molecular weight is 1620 g/mol. The molecule has 14 atom stereocenters. The van der Waals surface area contributed by atoms with Gasteiger partial charge in [0, 0.05) is 80.9 Å². The van der Waals surface area contributed by atoms with Crippen molar-refractivity contribution in [1.29, 1.82) is 5.41 Å². The van der Waals surface area contributed by atoms with Crippen molar-refractivity contribution in [3.05, 3.63) is 125 Å². The molecule has 2 bridgehead atoms. The van der Waals surface area contributed by atoms with Gasteiger partial charge >= 0.3 is 17.9 Å². The number of nitrogens with zero attached hydrogens (tertiary/aromatic N) is 3. The van der Waals surface area contributed by atoms with Gasteiger partial charge in [0.1, 0.15) is 72.0 Å². The Morgan fingerprint density at radius 1 is 0.667 bits per heavy atom. The molecule has 2 saturated heterocycles. The summed E-state index contributed by atoms with van der Waals surface area (Å²) in [5.41, 5.74) is 11.5. The first-order chi connectivity index (χ1) is 54.3. The van der Waals surface area contributed by atoms with Crippen molar-refractivity contribution in [3.63, 3.8) is 0 Å². The summed E-state index contributed by atoms with van der Waals surface area (Å²) in [7, 11) is 0. The van der Waals surface area contributed by atoms with Crippen molar-refractivity contribution in [3.8, 4) is 0 Å². The van der Waals surface area contributed by atoms with Crippen molar-refractivity contribution in [2.45, 2.75) is 193 Å². The Morgan fingerprint density at radius 2 is 1.27 bits per heavy atom. The number of rotatable bonds is 29. The largest absolute Gasteiger partial charge is 0.481 e. The molecule has 4 aromatic rings. The third-order valence-corrected chi connectivity index (χ3v) is 21.7. The molecule has 1 saturated carbocycles. The number of primary amides is 1. The lowest BCUT2D eigenvalue weighted by Crippen LogP contribution is -2.62. The molecule has 13 amide bonds. The number of aliphatic hydroxyl groups is 1. The zero-order valence-electron chi connectivity index (χ0n) is 62.5. The van der Waals surface area contributed by atoms with E-state index >= 15 is 14.4 Å². The molecular weight excluding hydrogens is 1530 g/mol. The maximum atomic E-state index is 15.2. The summed E-state index contributed by atoms with van der Waals surface area (Å²) in [6.07, 6.45) is -2.61. The molecule has 1 aromatic heterocycles. The average Bonchev–Trinajstić information content (AvgIpc) is 1.56.